The SMILES string of the molecule is CC(C)[C@H](C)N1Cc2ccccc2C1=O. The molecule has 2 heteroatoms. The minimum Gasteiger partial charge on any atom is -0.331 e. The van der Waals surface area contributed by atoms with Gasteiger partial charge in [0.25, 0.3) is 5.91 Å². The molecule has 0 aromatic heterocycles. The average molecular weight is 203 g/mol. The van der Waals surface area contributed by atoms with Crippen molar-refractivity contribution in [2.45, 2.75) is 33.4 Å². The molecule has 0 saturated carbocycles. The van der Waals surface area contributed by atoms with E-state index in [-0.39, 0.29) is 5.91 Å². The van der Waals surface area contributed by atoms with Crippen molar-refractivity contribution in [1.82, 2.24) is 4.90 Å². The number of carbonyl (C=O) groups excluding carboxylic acids is 1. The van der Waals surface area contributed by atoms with Crippen molar-refractivity contribution < 1.29 is 4.79 Å². The van der Waals surface area contributed by atoms with Crippen LogP contribution in [0.3, 0.4) is 0 Å². The van der Waals surface area contributed by atoms with Crippen molar-refractivity contribution in [3.8, 4) is 0 Å². The van der Waals surface area contributed by atoms with Crippen LogP contribution >= 0.6 is 0 Å². The van der Waals surface area contributed by atoms with E-state index in [2.05, 4.69) is 20.8 Å². The van der Waals surface area contributed by atoms with Crippen molar-refractivity contribution in [3.63, 3.8) is 0 Å². The van der Waals surface area contributed by atoms with Gasteiger partial charge in [-0.15, -0.1) is 0 Å². The number of benzene rings is 1. The van der Waals surface area contributed by atoms with E-state index in [0.29, 0.717) is 12.0 Å². The molecule has 1 heterocycles. The van der Waals surface area contributed by atoms with Crippen LogP contribution < -0.4 is 0 Å². The summed E-state index contributed by atoms with van der Waals surface area (Å²) in [6.45, 7) is 7.20. The monoisotopic (exact) mass is 203 g/mol. The molecule has 1 aliphatic rings. The van der Waals surface area contributed by atoms with Gasteiger partial charge in [0.1, 0.15) is 0 Å². The third-order valence-corrected chi connectivity index (χ3v) is 3.31. The molecule has 1 amide bonds. The molecule has 0 fully saturated rings. The van der Waals surface area contributed by atoms with Gasteiger partial charge < -0.3 is 4.90 Å². The number of hydrogen-bond acceptors (Lipinski definition) is 1. The zero-order chi connectivity index (χ0) is 11.0. The van der Waals surface area contributed by atoms with Gasteiger partial charge in [-0.2, -0.15) is 0 Å². The summed E-state index contributed by atoms with van der Waals surface area (Å²) in [5, 5.41) is 0. The zero-order valence-electron chi connectivity index (χ0n) is 9.53. The molecular weight excluding hydrogens is 186 g/mol. The summed E-state index contributed by atoms with van der Waals surface area (Å²) in [5.74, 6) is 0.690. The molecule has 0 spiro atoms. The van der Waals surface area contributed by atoms with Crippen LogP contribution in [0.4, 0.5) is 0 Å². The Morgan fingerprint density at radius 3 is 2.47 bits per heavy atom. The smallest absolute Gasteiger partial charge is 0.254 e. The van der Waals surface area contributed by atoms with Gasteiger partial charge in [-0.1, -0.05) is 32.0 Å². The molecule has 0 N–H and O–H groups in total. The second-order valence-electron chi connectivity index (χ2n) is 4.57. The normalized spacial score (nSPS) is 17.1. The molecule has 15 heavy (non-hydrogen) atoms. The molecule has 0 saturated heterocycles. The summed E-state index contributed by atoms with van der Waals surface area (Å²) in [6, 6.07) is 8.20. The lowest BCUT2D eigenvalue weighted by atomic mass is 10.1. The molecule has 0 aliphatic carbocycles. The van der Waals surface area contributed by atoms with Crippen molar-refractivity contribution in [3.05, 3.63) is 35.4 Å². The summed E-state index contributed by atoms with van der Waals surface area (Å²) < 4.78 is 0. The lowest BCUT2D eigenvalue weighted by Gasteiger charge is -2.27. The summed E-state index contributed by atoms with van der Waals surface area (Å²) in [6.07, 6.45) is 0. The second-order valence-corrected chi connectivity index (χ2v) is 4.57. The predicted molar refractivity (Wildman–Crippen MR) is 60.6 cm³/mol. The molecule has 80 valence electrons. The van der Waals surface area contributed by atoms with E-state index in [4.69, 9.17) is 0 Å². The number of fused-ring (bicyclic) bond motifs is 1. The molecule has 0 unspecified atom stereocenters. The Morgan fingerprint density at radius 1 is 1.20 bits per heavy atom. The predicted octanol–water partition coefficient (Wildman–Crippen LogP) is 2.69. The van der Waals surface area contributed by atoms with Gasteiger partial charge in [-0.3, -0.25) is 4.79 Å². The third-order valence-electron chi connectivity index (χ3n) is 3.31. The lowest BCUT2D eigenvalue weighted by molar-refractivity contribution is 0.0673. The van der Waals surface area contributed by atoms with Gasteiger partial charge in [0, 0.05) is 18.2 Å². The second kappa shape index (κ2) is 3.69. The fourth-order valence-corrected chi connectivity index (χ4v) is 1.97. The van der Waals surface area contributed by atoms with Crippen LogP contribution in [0.25, 0.3) is 0 Å². The van der Waals surface area contributed by atoms with Crippen LogP contribution in [-0.4, -0.2) is 16.8 Å². The maximum absolute atomic E-state index is 12.1. The fourth-order valence-electron chi connectivity index (χ4n) is 1.97. The van der Waals surface area contributed by atoms with Crippen LogP contribution in [0.1, 0.15) is 36.7 Å². The highest BCUT2D eigenvalue weighted by Crippen LogP contribution is 2.26. The molecule has 2 rings (SSSR count). The van der Waals surface area contributed by atoms with E-state index in [1.54, 1.807) is 0 Å². The molecule has 1 aromatic carbocycles. The Bertz CT molecular complexity index is 384. The van der Waals surface area contributed by atoms with E-state index in [1.807, 2.05) is 29.2 Å². The molecule has 1 aromatic rings. The first-order valence-corrected chi connectivity index (χ1v) is 5.50. The number of carbonyl (C=O) groups is 1. The number of hydrogen-bond donors (Lipinski definition) is 0. The summed E-state index contributed by atoms with van der Waals surface area (Å²) >= 11 is 0. The van der Waals surface area contributed by atoms with E-state index in [9.17, 15) is 4.79 Å². The molecular formula is C13H17NO. The Kier molecular flexibility index (Phi) is 2.51. The highest BCUT2D eigenvalue weighted by atomic mass is 16.2. The minimum atomic E-state index is 0.187. The third kappa shape index (κ3) is 1.65. The molecule has 0 bridgehead atoms. The Hall–Kier alpha value is -1.31. The van der Waals surface area contributed by atoms with Crippen LogP contribution in [0, 0.1) is 5.92 Å². The summed E-state index contributed by atoms with van der Waals surface area (Å²) in [7, 11) is 0. The van der Waals surface area contributed by atoms with Crippen LogP contribution in [0.2, 0.25) is 0 Å². The van der Waals surface area contributed by atoms with Crippen LogP contribution in [-0.2, 0) is 6.54 Å². The van der Waals surface area contributed by atoms with E-state index in [1.165, 1.54) is 0 Å². The van der Waals surface area contributed by atoms with Crippen LogP contribution in [0.15, 0.2) is 24.3 Å². The maximum Gasteiger partial charge on any atom is 0.254 e. The lowest BCUT2D eigenvalue weighted by Crippen LogP contribution is -2.36. The Balaban J connectivity index is 2.27. The Labute approximate surface area is 90.9 Å². The first-order valence-electron chi connectivity index (χ1n) is 5.50. The van der Waals surface area contributed by atoms with Crippen molar-refractivity contribution in [1.29, 1.82) is 0 Å². The standard InChI is InChI=1S/C13H17NO/c1-9(2)10(3)14-8-11-6-4-5-7-12(11)13(14)15/h4-7,9-10H,8H2,1-3H3/t10-/m0/s1. The first-order chi connectivity index (χ1) is 7.11. The van der Waals surface area contributed by atoms with Gasteiger partial charge in [0.15, 0.2) is 0 Å². The molecule has 2 nitrogen and oxygen atoms in total. The average Bonchev–Trinajstić information content (AvgIpc) is 2.56. The quantitative estimate of drug-likeness (QED) is 0.723. The number of rotatable bonds is 2. The first kappa shape index (κ1) is 10.2. The molecule has 0 radical (unpaired) electrons. The molecule has 1 atom stereocenters. The van der Waals surface area contributed by atoms with Gasteiger partial charge in [-0.05, 0) is 24.5 Å². The van der Waals surface area contributed by atoms with E-state index < -0.39 is 0 Å². The molecule has 1 aliphatic heterocycles. The highest BCUT2D eigenvalue weighted by molar-refractivity contribution is 5.98. The fraction of sp³-hybridized carbons (Fsp3) is 0.462. The summed E-state index contributed by atoms with van der Waals surface area (Å²) in [4.78, 5) is 14.0. The van der Waals surface area contributed by atoms with Gasteiger partial charge in [0.05, 0.1) is 0 Å². The van der Waals surface area contributed by atoms with Gasteiger partial charge in [0.2, 0.25) is 0 Å². The van der Waals surface area contributed by atoms with Crippen molar-refractivity contribution in [2.24, 2.45) is 5.92 Å². The van der Waals surface area contributed by atoms with Gasteiger partial charge in [-0.25, -0.2) is 0 Å². The summed E-state index contributed by atoms with van der Waals surface area (Å²) in [5.41, 5.74) is 2.04. The number of nitrogens with zero attached hydrogens (tertiary/aromatic N) is 1. The minimum absolute atomic E-state index is 0.187. The van der Waals surface area contributed by atoms with Crippen LogP contribution in [0.5, 0.6) is 0 Å². The zero-order valence-corrected chi connectivity index (χ0v) is 9.53. The van der Waals surface area contributed by atoms with Crippen molar-refractivity contribution >= 4 is 5.91 Å². The van der Waals surface area contributed by atoms with Crippen molar-refractivity contribution in [2.75, 3.05) is 0 Å². The van der Waals surface area contributed by atoms with E-state index in [0.717, 1.165) is 17.7 Å². The maximum atomic E-state index is 12.1. The largest absolute Gasteiger partial charge is 0.331 e. The number of amides is 1. The topological polar surface area (TPSA) is 20.3 Å². The highest BCUT2D eigenvalue weighted by Gasteiger charge is 2.31. The Morgan fingerprint density at radius 2 is 1.87 bits per heavy atom. The van der Waals surface area contributed by atoms with Gasteiger partial charge >= 0.3 is 0 Å². The van der Waals surface area contributed by atoms with E-state index >= 15 is 0 Å².